The van der Waals surface area contributed by atoms with Gasteiger partial charge in [0.25, 0.3) is 11.8 Å². The van der Waals surface area contributed by atoms with Crippen LogP contribution in [0.4, 0.5) is 5.69 Å². The number of anilines is 1. The lowest BCUT2D eigenvalue weighted by Gasteiger charge is -2.26. The number of methoxy groups -OCH3 is 1. The first kappa shape index (κ1) is 16.1. The summed E-state index contributed by atoms with van der Waals surface area (Å²) in [5.74, 6) is 0.370. The van der Waals surface area contributed by atoms with E-state index in [9.17, 15) is 9.59 Å². The number of carbonyl (C=O) groups is 2. The molecular formula is C17H19N3O4S. The number of nitrogens with zero attached hydrogens (tertiary/aromatic N) is 3. The van der Waals surface area contributed by atoms with E-state index in [0.29, 0.717) is 19.6 Å². The summed E-state index contributed by atoms with van der Waals surface area (Å²) in [5.41, 5.74) is 0.436. The van der Waals surface area contributed by atoms with Crippen LogP contribution in [0, 0.1) is 11.3 Å². The number of aromatic nitrogens is 1. The van der Waals surface area contributed by atoms with Crippen LogP contribution in [0.3, 0.4) is 0 Å². The highest BCUT2D eigenvalue weighted by Crippen LogP contribution is 2.46. The van der Waals surface area contributed by atoms with E-state index >= 15 is 0 Å². The standard InChI is InChI=1S/C17H19N3O4S/c1-11-8-19(15(21)13-7-14(23-2)18-24-13)10-17(11)4-5-20(16(17)22)12-3-6-25-9-12/h3,6-7,9,11H,4-5,8,10H2,1-2H3/t11-,17-/m1/s1. The highest BCUT2D eigenvalue weighted by atomic mass is 32.1. The maximum Gasteiger partial charge on any atom is 0.292 e. The van der Waals surface area contributed by atoms with Crippen LogP contribution in [0.1, 0.15) is 23.9 Å². The molecule has 0 radical (unpaired) electrons. The minimum atomic E-state index is -0.512. The summed E-state index contributed by atoms with van der Waals surface area (Å²) in [6.45, 7) is 3.68. The van der Waals surface area contributed by atoms with Gasteiger partial charge in [-0.15, -0.1) is 0 Å². The number of hydrogen-bond acceptors (Lipinski definition) is 6. The van der Waals surface area contributed by atoms with Crippen LogP contribution in [-0.2, 0) is 4.79 Å². The van der Waals surface area contributed by atoms with Gasteiger partial charge >= 0.3 is 0 Å². The van der Waals surface area contributed by atoms with Gasteiger partial charge < -0.3 is 19.1 Å². The monoisotopic (exact) mass is 361 g/mol. The van der Waals surface area contributed by atoms with Crippen molar-refractivity contribution in [2.45, 2.75) is 13.3 Å². The Hall–Kier alpha value is -2.35. The van der Waals surface area contributed by atoms with E-state index in [1.54, 1.807) is 16.2 Å². The van der Waals surface area contributed by atoms with Gasteiger partial charge in [0.05, 0.1) is 24.3 Å². The lowest BCUT2D eigenvalue weighted by molar-refractivity contribution is -0.126. The molecule has 8 heteroatoms. The van der Waals surface area contributed by atoms with Crippen LogP contribution in [-0.4, -0.2) is 48.6 Å². The molecule has 2 aliphatic heterocycles. The Morgan fingerprint density at radius 3 is 3.04 bits per heavy atom. The summed E-state index contributed by atoms with van der Waals surface area (Å²) in [6, 6.07) is 3.44. The molecule has 0 saturated carbocycles. The molecule has 4 rings (SSSR count). The van der Waals surface area contributed by atoms with E-state index in [4.69, 9.17) is 9.26 Å². The van der Waals surface area contributed by atoms with Crippen LogP contribution >= 0.6 is 11.3 Å². The van der Waals surface area contributed by atoms with Crippen molar-refractivity contribution in [3.63, 3.8) is 0 Å². The molecule has 1 spiro atoms. The Kier molecular flexibility index (Phi) is 3.79. The highest BCUT2D eigenvalue weighted by Gasteiger charge is 2.56. The molecule has 0 aromatic carbocycles. The van der Waals surface area contributed by atoms with Gasteiger partial charge in [-0.3, -0.25) is 9.59 Å². The van der Waals surface area contributed by atoms with Crippen LogP contribution in [0.5, 0.6) is 5.88 Å². The second kappa shape index (κ2) is 5.87. The summed E-state index contributed by atoms with van der Waals surface area (Å²) in [5, 5.41) is 7.63. The van der Waals surface area contributed by atoms with Crippen molar-refractivity contribution < 1.29 is 18.8 Å². The van der Waals surface area contributed by atoms with E-state index in [2.05, 4.69) is 5.16 Å². The highest BCUT2D eigenvalue weighted by molar-refractivity contribution is 7.08. The van der Waals surface area contributed by atoms with Gasteiger partial charge in [-0.1, -0.05) is 6.92 Å². The van der Waals surface area contributed by atoms with Crippen LogP contribution in [0.2, 0.25) is 0 Å². The van der Waals surface area contributed by atoms with Gasteiger partial charge in [0.15, 0.2) is 0 Å². The smallest absolute Gasteiger partial charge is 0.292 e. The number of amides is 2. The molecule has 2 aliphatic rings. The van der Waals surface area contributed by atoms with Gasteiger partial charge in [0.1, 0.15) is 0 Å². The Morgan fingerprint density at radius 2 is 2.36 bits per heavy atom. The van der Waals surface area contributed by atoms with Gasteiger partial charge in [-0.2, -0.15) is 11.3 Å². The Balaban J connectivity index is 1.55. The second-order valence-electron chi connectivity index (χ2n) is 6.66. The number of likely N-dealkylation sites (tertiary alicyclic amines) is 1. The quantitative estimate of drug-likeness (QED) is 0.838. The third kappa shape index (κ3) is 2.43. The zero-order valence-electron chi connectivity index (χ0n) is 14.1. The first-order valence-electron chi connectivity index (χ1n) is 8.19. The summed E-state index contributed by atoms with van der Waals surface area (Å²) in [4.78, 5) is 29.4. The molecular weight excluding hydrogens is 342 g/mol. The zero-order valence-corrected chi connectivity index (χ0v) is 14.9. The Labute approximate surface area is 149 Å². The molecule has 0 bridgehead atoms. The normalized spacial score (nSPS) is 26.0. The third-order valence-electron chi connectivity index (χ3n) is 5.38. The molecule has 0 N–H and O–H groups in total. The molecule has 25 heavy (non-hydrogen) atoms. The molecule has 2 aromatic rings. The van der Waals surface area contributed by atoms with Gasteiger partial charge in [-0.05, 0) is 28.9 Å². The predicted octanol–water partition coefficient (Wildman–Crippen LogP) is 2.26. The lowest BCUT2D eigenvalue weighted by Crippen LogP contribution is -2.40. The van der Waals surface area contributed by atoms with E-state index in [1.165, 1.54) is 13.2 Å². The fraction of sp³-hybridized carbons (Fsp3) is 0.471. The summed E-state index contributed by atoms with van der Waals surface area (Å²) in [7, 11) is 1.47. The van der Waals surface area contributed by atoms with Gasteiger partial charge in [0, 0.05) is 25.0 Å². The maximum atomic E-state index is 13.1. The molecule has 2 atom stereocenters. The first-order chi connectivity index (χ1) is 12.0. The van der Waals surface area contributed by atoms with E-state index in [-0.39, 0.29) is 29.4 Å². The largest absolute Gasteiger partial charge is 0.479 e. The zero-order chi connectivity index (χ0) is 17.6. The van der Waals surface area contributed by atoms with Crippen molar-refractivity contribution in [1.82, 2.24) is 10.1 Å². The number of thiophene rings is 1. The first-order valence-corrected chi connectivity index (χ1v) is 9.13. The second-order valence-corrected chi connectivity index (χ2v) is 7.44. The number of ether oxygens (including phenoxy) is 1. The van der Waals surface area contributed by atoms with Crippen molar-refractivity contribution >= 4 is 28.8 Å². The molecule has 4 heterocycles. The number of rotatable bonds is 3. The fourth-order valence-electron chi connectivity index (χ4n) is 3.88. The molecule has 2 saturated heterocycles. The fourth-order valence-corrected chi connectivity index (χ4v) is 4.52. The molecule has 0 unspecified atom stereocenters. The van der Waals surface area contributed by atoms with E-state index in [0.717, 1.165) is 12.1 Å². The molecule has 132 valence electrons. The molecule has 2 fully saturated rings. The Morgan fingerprint density at radius 1 is 1.52 bits per heavy atom. The Bertz CT molecular complexity index is 803. The number of hydrogen-bond donors (Lipinski definition) is 0. The molecule has 2 aromatic heterocycles. The van der Waals surface area contributed by atoms with Crippen molar-refractivity contribution in [2.24, 2.45) is 11.3 Å². The predicted molar refractivity (Wildman–Crippen MR) is 91.8 cm³/mol. The van der Waals surface area contributed by atoms with E-state index < -0.39 is 5.41 Å². The maximum absolute atomic E-state index is 13.1. The third-order valence-corrected chi connectivity index (χ3v) is 6.05. The van der Waals surface area contributed by atoms with Crippen LogP contribution in [0.25, 0.3) is 0 Å². The van der Waals surface area contributed by atoms with Crippen molar-refractivity contribution in [3.05, 3.63) is 28.7 Å². The molecule has 0 aliphatic carbocycles. The van der Waals surface area contributed by atoms with Crippen LogP contribution in [0.15, 0.2) is 27.4 Å². The average molecular weight is 361 g/mol. The van der Waals surface area contributed by atoms with Crippen LogP contribution < -0.4 is 9.64 Å². The lowest BCUT2D eigenvalue weighted by atomic mass is 9.78. The van der Waals surface area contributed by atoms with Crippen molar-refractivity contribution in [1.29, 1.82) is 0 Å². The minimum Gasteiger partial charge on any atom is -0.479 e. The van der Waals surface area contributed by atoms with Crippen molar-refractivity contribution in [2.75, 3.05) is 31.6 Å². The topological polar surface area (TPSA) is 75.9 Å². The van der Waals surface area contributed by atoms with E-state index in [1.807, 2.05) is 28.7 Å². The minimum absolute atomic E-state index is 0.0948. The molecule has 2 amide bonds. The SMILES string of the molecule is COc1cc(C(=O)N2C[C@@H](C)[C@@]3(CCN(c4ccsc4)C3=O)C2)on1. The summed E-state index contributed by atoms with van der Waals surface area (Å²) >= 11 is 1.58. The summed E-state index contributed by atoms with van der Waals surface area (Å²) in [6.07, 6.45) is 0.756. The summed E-state index contributed by atoms with van der Waals surface area (Å²) < 4.78 is 10.0. The van der Waals surface area contributed by atoms with Gasteiger partial charge in [-0.25, -0.2) is 0 Å². The van der Waals surface area contributed by atoms with Crippen molar-refractivity contribution in [3.8, 4) is 5.88 Å². The average Bonchev–Trinajstić information content (AvgIpc) is 3.37. The number of carbonyl (C=O) groups excluding carboxylic acids is 2. The molecule has 7 nitrogen and oxygen atoms in total. The van der Waals surface area contributed by atoms with Gasteiger partial charge in [0.2, 0.25) is 11.7 Å².